The summed E-state index contributed by atoms with van der Waals surface area (Å²) in [6.45, 7) is 10.0. The molecule has 0 saturated heterocycles. The number of ether oxygens (including phenoxy) is 10. The van der Waals surface area contributed by atoms with Crippen LogP contribution in [0.5, 0.6) is 0 Å². The Morgan fingerprint density at radius 1 is 0.364 bits per heavy atom. The standard InChI is InChI=1S/C43H76O12/c1-2-3-4-5-6-7-8-9-10-11-12-13-14-15-19-22-42(44)54-39-37-52-35-33-50-31-29-48-27-25-46-23-24-47-26-28-49-30-32-51-34-36-53-38-40-55-43(45)41-20-17-16-18-21-41/h16-18,20-21H,2-15,19,22-40H2,1H3. The Morgan fingerprint density at radius 2 is 0.655 bits per heavy atom. The Balaban J connectivity index is 1.65. The largest absolute Gasteiger partial charge is 0.463 e. The second kappa shape index (κ2) is 43.0. The van der Waals surface area contributed by atoms with E-state index in [0.29, 0.717) is 118 Å². The summed E-state index contributed by atoms with van der Waals surface area (Å²) in [7, 11) is 0. The van der Waals surface area contributed by atoms with Crippen LogP contribution in [0.3, 0.4) is 0 Å². The Morgan fingerprint density at radius 3 is 1.00 bits per heavy atom. The molecule has 0 aromatic heterocycles. The van der Waals surface area contributed by atoms with Gasteiger partial charge in [-0.2, -0.15) is 0 Å². The van der Waals surface area contributed by atoms with Gasteiger partial charge in [0.15, 0.2) is 0 Å². The second-order valence-corrected chi connectivity index (χ2v) is 13.3. The third-order valence-corrected chi connectivity index (χ3v) is 8.55. The van der Waals surface area contributed by atoms with Crippen molar-refractivity contribution in [3.8, 4) is 0 Å². The van der Waals surface area contributed by atoms with E-state index in [-0.39, 0.29) is 25.2 Å². The molecule has 0 aliphatic heterocycles. The first-order chi connectivity index (χ1) is 27.2. The van der Waals surface area contributed by atoms with Crippen molar-refractivity contribution in [2.24, 2.45) is 0 Å². The maximum Gasteiger partial charge on any atom is 0.338 e. The molecule has 12 nitrogen and oxygen atoms in total. The highest BCUT2D eigenvalue weighted by Crippen LogP contribution is 2.14. The summed E-state index contributed by atoms with van der Waals surface area (Å²) in [6.07, 6.45) is 20.2. The Labute approximate surface area is 332 Å². The molecule has 320 valence electrons. The topological polar surface area (TPSA) is 126 Å². The van der Waals surface area contributed by atoms with Gasteiger partial charge in [0.25, 0.3) is 0 Å². The van der Waals surface area contributed by atoms with E-state index < -0.39 is 0 Å². The molecule has 12 heteroatoms. The fourth-order valence-electron chi connectivity index (χ4n) is 5.42. The van der Waals surface area contributed by atoms with Crippen molar-refractivity contribution in [2.45, 2.75) is 110 Å². The molecule has 1 rings (SSSR count). The van der Waals surface area contributed by atoms with Crippen LogP contribution < -0.4 is 0 Å². The maximum absolute atomic E-state index is 11.9. The molecule has 0 N–H and O–H groups in total. The van der Waals surface area contributed by atoms with Crippen molar-refractivity contribution in [1.82, 2.24) is 0 Å². The number of benzene rings is 1. The van der Waals surface area contributed by atoms with E-state index in [4.69, 9.17) is 47.4 Å². The lowest BCUT2D eigenvalue weighted by molar-refractivity contribution is -0.145. The first-order valence-electron chi connectivity index (χ1n) is 21.2. The number of rotatable bonds is 44. The Kier molecular flexibility index (Phi) is 39.7. The lowest BCUT2D eigenvalue weighted by Crippen LogP contribution is -2.15. The highest BCUT2D eigenvalue weighted by atomic mass is 16.6. The molecule has 0 heterocycles. The van der Waals surface area contributed by atoms with Crippen molar-refractivity contribution in [1.29, 1.82) is 0 Å². The number of carbonyl (C=O) groups excluding carboxylic acids is 2. The van der Waals surface area contributed by atoms with Crippen LogP contribution in [0.25, 0.3) is 0 Å². The van der Waals surface area contributed by atoms with Gasteiger partial charge in [-0.25, -0.2) is 4.79 Å². The molecular weight excluding hydrogens is 708 g/mol. The van der Waals surface area contributed by atoms with E-state index in [2.05, 4.69) is 6.92 Å². The third kappa shape index (κ3) is 38.5. The van der Waals surface area contributed by atoms with E-state index in [1.54, 1.807) is 24.3 Å². The molecule has 0 unspecified atom stereocenters. The Bertz CT molecular complexity index is 935. The average Bonchev–Trinajstić information content (AvgIpc) is 3.20. The molecule has 0 saturated carbocycles. The Hall–Kier alpha value is -2.16. The van der Waals surface area contributed by atoms with Gasteiger partial charge >= 0.3 is 11.9 Å². The molecule has 1 aromatic carbocycles. The predicted molar refractivity (Wildman–Crippen MR) is 214 cm³/mol. The molecule has 0 aliphatic carbocycles. The van der Waals surface area contributed by atoms with E-state index >= 15 is 0 Å². The van der Waals surface area contributed by atoms with Crippen LogP contribution in [-0.4, -0.2) is 131 Å². The minimum atomic E-state index is -0.357. The van der Waals surface area contributed by atoms with E-state index in [9.17, 15) is 9.59 Å². The summed E-state index contributed by atoms with van der Waals surface area (Å²) in [5.74, 6) is -0.491. The molecular formula is C43H76O12. The monoisotopic (exact) mass is 785 g/mol. The van der Waals surface area contributed by atoms with Crippen LogP contribution in [0.4, 0.5) is 0 Å². The average molecular weight is 785 g/mol. The lowest BCUT2D eigenvalue weighted by Gasteiger charge is -2.09. The molecule has 0 fully saturated rings. The first kappa shape index (κ1) is 50.9. The van der Waals surface area contributed by atoms with Gasteiger partial charge < -0.3 is 47.4 Å². The number of carbonyl (C=O) groups is 2. The molecule has 1 aromatic rings. The van der Waals surface area contributed by atoms with Gasteiger partial charge in [0.2, 0.25) is 0 Å². The smallest absolute Gasteiger partial charge is 0.338 e. The molecule has 0 atom stereocenters. The predicted octanol–water partition coefficient (Wildman–Crippen LogP) is 7.78. The van der Waals surface area contributed by atoms with Crippen molar-refractivity contribution in [3.05, 3.63) is 35.9 Å². The number of unbranched alkanes of at least 4 members (excludes halogenated alkanes) is 14. The van der Waals surface area contributed by atoms with Gasteiger partial charge in [0.1, 0.15) is 13.2 Å². The van der Waals surface area contributed by atoms with Crippen molar-refractivity contribution in [2.75, 3.05) is 119 Å². The molecule has 0 bridgehead atoms. The molecule has 55 heavy (non-hydrogen) atoms. The maximum atomic E-state index is 11.9. The zero-order valence-corrected chi connectivity index (χ0v) is 34.3. The van der Waals surface area contributed by atoms with Crippen LogP contribution in [0, 0.1) is 0 Å². The summed E-state index contributed by atoms with van der Waals surface area (Å²) >= 11 is 0. The zero-order chi connectivity index (χ0) is 39.4. The van der Waals surface area contributed by atoms with Gasteiger partial charge in [0, 0.05) is 6.42 Å². The van der Waals surface area contributed by atoms with E-state index in [1.165, 1.54) is 83.5 Å². The summed E-state index contributed by atoms with van der Waals surface area (Å²) in [5, 5.41) is 0. The number of esters is 2. The highest BCUT2D eigenvalue weighted by Gasteiger charge is 2.05. The summed E-state index contributed by atoms with van der Waals surface area (Å²) in [5.41, 5.74) is 0.525. The highest BCUT2D eigenvalue weighted by molar-refractivity contribution is 5.89. The fourth-order valence-corrected chi connectivity index (χ4v) is 5.42. The van der Waals surface area contributed by atoms with Crippen molar-refractivity contribution < 1.29 is 57.0 Å². The SMILES string of the molecule is CCCCCCCCCCCCCCCCCC(=O)OCCOCCOCCOCCOCCOCCOCCOCCOCCOC(=O)c1ccccc1. The van der Waals surface area contributed by atoms with Crippen LogP contribution in [-0.2, 0) is 52.2 Å². The van der Waals surface area contributed by atoms with E-state index in [0.717, 1.165) is 12.8 Å². The van der Waals surface area contributed by atoms with Crippen molar-refractivity contribution in [3.63, 3.8) is 0 Å². The lowest BCUT2D eigenvalue weighted by atomic mass is 10.0. The van der Waals surface area contributed by atoms with Gasteiger partial charge in [0.05, 0.1) is 111 Å². The summed E-state index contributed by atoms with van der Waals surface area (Å²) in [6, 6.07) is 8.86. The zero-order valence-electron chi connectivity index (χ0n) is 34.3. The third-order valence-electron chi connectivity index (χ3n) is 8.55. The second-order valence-electron chi connectivity index (χ2n) is 13.3. The van der Waals surface area contributed by atoms with Crippen LogP contribution in [0.1, 0.15) is 120 Å². The van der Waals surface area contributed by atoms with Crippen molar-refractivity contribution >= 4 is 11.9 Å². The summed E-state index contributed by atoms with van der Waals surface area (Å²) in [4.78, 5) is 23.7. The molecule has 0 radical (unpaired) electrons. The van der Waals surface area contributed by atoms with Gasteiger partial charge in [-0.15, -0.1) is 0 Å². The summed E-state index contributed by atoms with van der Waals surface area (Å²) < 4.78 is 54.2. The first-order valence-corrected chi connectivity index (χ1v) is 21.2. The van der Waals surface area contributed by atoms with Crippen LogP contribution >= 0.6 is 0 Å². The molecule has 0 amide bonds. The van der Waals surface area contributed by atoms with Gasteiger partial charge in [-0.05, 0) is 18.6 Å². The van der Waals surface area contributed by atoms with E-state index in [1.807, 2.05) is 6.07 Å². The van der Waals surface area contributed by atoms with Crippen LogP contribution in [0.2, 0.25) is 0 Å². The quantitative estimate of drug-likeness (QED) is 0.0474. The number of hydrogen-bond acceptors (Lipinski definition) is 12. The molecule has 0 spiro atoms. The number of hydrogen-bond donors (Lipinski definition) is 0. The van der Waals surface area contributed by atoms with Gasteiger partial charge in [-0.3, -0.25) is 4.79 Å². The van der Waals surface area contributed by atoms with Crippen LogP contribution in [0.15, 0.2) is 30.3 Å². The van der Waals surface area contributed by atoms with Gasteiger partial charge in [-0.1, -0.05) is 115 Å². The minimum Gasteiger partial charge on any atom is -0.463 e. The normalized spacial score (nSPS) is 11.3. The fraction of sp³-hybridized carbons (Fsp3) is 0.814. The molecule has 0 aliphatic rings. The minimum absolute atomic E-state index is 0.134.